The zero-order valence-electron chi connectivity index (χ0n) is 16.7. The van der Waals surface area contributed by atoms with Crippen LogP contribution in [0, 0.1) is 0 Å². The first-order valence-corrected chi connectivity index (χ1v) is 10.2. The number of hydrogen-bond acceptors (Lipinski definition) is 0. The number of hydrogen-bond donors (Lipinski definition) is 0. The van der Waals surface area contributed by atoms with Crippen LogP contribution >= 0.6 is 0 Å². The molecule has 0 radical (unpaired) electrons. The van der Waals surface area contributed by atoms with Gasteiger partial charge in [-0.1, -0.05) is 88.4 Å². The summed E-state index contributed by atoms with van der Waals surface area (Å²) in [5, 5.41) is 0. The third kappa shape index (κ3) is 6.33. The van der Waals surface area contributed by atoms with Gasteiger partial charge in [-0.05, 0) is 71.9 Å². The number of rotatable bonds is 11. The Morgan fingerprint density at radius 1 is 0.577 bits per heavy atom. The molecular weight excluding hydrogens is 312 g/mol. The van der Waals surface area contributed by atoms with Gasteiger partial charge in [0.05, 0.1) is 0 Å². The Hall–Kier alpha value is -2.08. The summed E-state index contributed by atoms with van der Waals surface area (Å²) in [5.74, 6) is 0. The molecule has 0 aliphatic carbocycles. The molecule has 0 saturated heterocycles. The normalized spacial score (nSPS) is 10.7. The standard InChI is InChI=1S/C26H34/c1-5-23-13-17-25(18-14-23)21(3)11-9-7-8-10-12-22(4)26-19-15-24(6-2)16-20-26/h13-20H,3-12H2,1-2H3. The molecule has 0 atom stereocenters. The van der Waals surface area contributed by atoms with Crippen LogP contribution in [0.25, 0.3) is 11.1 Å². The Morgan fingerprint density at radius 3 is 1.23 bits per heavy atom. The van der Waals surface area contributed by atoms with Crippen LogP contribution in [0.5, 0.6) is 0 Å². The van der Waals surface area contributed by atoms with Crippen molar-refractivity contribution in [3.8, 4) is 0 Å². The highest BCUT2D eigenvalue weighted by Gasteiger charge is 2.02. The summed E-state index contributed by atoms with van der Waals surface area (Å²) >= 11 is 0. The molecule has 0 unspecified atom stereocenters. The van der Waals surface area contributed by atoms with E-state index in [2.05, 4.69) is 75.5 Å². The quantitative estimate of drug-likeness (QED) is 0.363. The van der Waals surface area contributed by atoms with E-state index in [9.17, 15) is 0 Å². The summed E-state index contributed by atoms with van der Waals surface area (Å²) in [6.07, 6.45) is 9.40. The Bertz CT molecular complexity index is 622. The second-order valence-corrected chi connectivity index (χ2v) is 7.22. The van der Waals surface area contributed by atoms with Gasteiger partial charge in [0.1, 0.15) is 0 Å². The lowest BCUT2D eigenvalue weighted by Gasteiger charge is -2.08. The van der Waals surface area contributed by atoms with E-state index in [1.54, 1.807) is 0 Å². The summed E-state index contributed by atoms with van der Waals surface area (Å²) in [6, 6.07) is 17.8. The molecule has 0 fully saturated rings. The van der Waals surface area contributed by atoms with Crippen molar-refractivity contribution >= 4 is 11.1 Å². The Morgan fingerprint density at radius 2 is 0.923 bits per heavy atom. The molecule has 0 spiro atoms. The molecule has 0 amide bonds. The van der Waals surface area contributed by atoms with Crippen LogP contribution in [0.3, 0.4) is 0 Å². The predicted octanol–water partition coefficient (Wildman–Crippen LogP) is 7.88. The van der Waals surface area contributed by atoms with Gasteiger partial charge in [0.25, 0.3) is 0 Å². The van der Waals surface area contributed by atoms with E-state index in [0.29, 0.717) is 0 Å². The van der Waals surface area contributed by atoms with Gasteiger partial charge >= 0.3 is 0 Å². The zero-order valence-corrected chi connectivity index (χ0v) is 16.7. The summed E-state index contributed by atoms with van der Waals surface area (Å²) in [7, 11) is 0. The molecule has 0 nitrogen and oxygen atoms in total. The minimum atomic E-state index is 1.10. The van der Waals surface area contributed by atoms with E-state index in [-0.39, 0.29) is 0 Å². The largest absolute Gasteiger partial charge is 0.0952 e. The first-order valence-electron chi connectivity index (χ1n) is 10.2. The molecule has 138 valence electrons. The Kier molecular flexibility index (Phi) is 8.41. The molecule has 26 heavy (non-hydrogen) atoms. The fourth-order valence-electron chi connectivity index (χ4n) is 3.27. The third-order valence-electron chi connectivity index (χ3n) is 5.25. The van der Waals surface area contributed by atoms with Crippen LogP contribution in [0.4, 0.5) is 0 Å². The first-order chi connectivity index (χ1) is 12.6. The van der Waals surface area contributed by atoms with Gasteiger partial charge in [-0.25, -0.2) is 0 Å². The van der Waals surface area contributed by atoms with Crippen molar-refractivity contribution < 1.29 is 0 Å². The molecule has 2 rings (SSSR count). The molecule has 0 bridgehead atoms. The minimum absolute atomic E-state index is 1.10. The summed E-state index contributed by atoms with van der Waals surface area (Å²) in [4.78, 5) is 0. The van der Waals surface area contributed by atoms with Gasteiger partial charge in [-0.15, -0.1) is 0 Å². The van der Waals surface area contributed by atoms with Gasteiger partial charge in [0.15, 0.2) is 0 Å². The Balaban J connectivity index is 1.62. The van der Waals surface area contributed by atoms with E-state index in [1.165, 1.54) is 59.1 Å². The number of benzene rings is 2. The van der Waals surface area contributed by atoms with E-state index in [0.717, 1.165) is 25.7 Å². The van der Waals surface area contributed by atoms with Crippen molar-refractivity contribution in [1.82, 2.24) is 0 Å². The monoisotopic (exact) mass is 346 g/mol. The average Bonchev–Trinajstić information content (AvgIpc) is 2.70. The fraction of sp³-hybridized carbons (Fsp3) is 0.385. The second kappa shape index (κ2) is 10.8. The molecule has 0 aliphatic rings. The second-order valence-electron chi connectivity index (χ2n) is 7.22. The summed E-state index contributed by atoms with van der Waals surface area (Å²) < 4.78 is 0. The zero-order chi connectivity index (χ0) is 18.8. The summed E-state index contributed by atoms with van der Waals surface area (Å²) in [6.45, 7) is 12.9. The van der Waals surface area contributed by atoms with Crippen LogP contribution in [-0.4, -0.2) is 0 Å². The maximum atomic E-state index is 4.27. The first kappa shape index (κ1) is 20.2. The van der Waals surface area contributed by atoms with Crippen molar-refractivity contribution in [2.24, 2.45) is 0 Å². The SMILES string of the molecule is C=C(CCCCCCC(=C)c1ccc(CC)cc1)c1ccc(CC)cc1. The van der Waals surface area contributed by atoms with Crippen molar-refractivity contribution in [2.45, 2.75) is 65.2 Å². The number of aryl methyl sites for hydroxylation is 2. The molecule has 0 heterocycles. The van der Waals surface area contributed by atoms with Crippen LogP contribution in [0.1, 0.15) is 74.6 Å². The number of allylic oxidation sites excluding steroid dienone is 2. The smallest absolute Gasteiger partial charge is 0.0230 e. The molecule has 0 saturated carbocycles. The van der Waals surface area contributed by atoms with Crippen molar-refractivity contribution in [3.63, 3.8) is 0 Å². The lowest BCUT2D eigenvalue weighted by Crippen LogP contribution is -1.88. The topological polar surface area (TPSA) is 0 Å². The van der Waals surface area contributed by atoms with E-state index in [1.807, 2.05) is 0 Å². The van der Waals surface area contributed by atoms with Gasteiger partial charge in [-0.3, -0.25) is 0 Å². The maximum absolute atomic E-state index is 4.27. The van der Waals surface area contributed by atoms with Crippen LogP contribution in [0.2, 0.25) is 0 Å². The van der Waals surface area contributed by atoms with Crippen molar-refractivity contribution in [3.05, 3.63) is 83.9 Å². The lowest BCUT2D eigenvalue weighted by atomic mass is 9.97. The molecule has 2 aromatic carbocycles. The third-order valence-corrected chi connectivity index (χ3v) is 5.25. The highest BCUT2D eigenvalue weighted by molar-refractivity contribution is 5.64. The van der Waals surface area contributed by atoms with Gasteiger partial charge in [0, 0.05) is 0 Å². The van der Waals surface area contributed by atoms with E-state index < -0.39 is 0 Å². The predicted molar refractivity (Wildman–Crippen MR) is 117 cm³/mol. The van der Waals surface area contributed by atoms with E-state index in [4.69, 9.17) is 0 Å². The molecule has 0 heteroatoms. The maximum Gasteiger partial charge on any atom is -0.0230 e. The Labute approximate surface area is 160 Å². The molecule has 0 aliphatic heterocycles. The fourth-order valence-corrected chi connectivity index (χ4v) is 3.27. The summed E-state index contributed by atoms with van der Waals surface area (Å²) in [5.41, 5.74) is 7.93. The molecule has 0 aromatic heterocycles. The van der Waals surface area contributed by atoms with Crippen molar-refractivity contribution in [2.75, 3.05) is 0 Å². The average molecular weight is 347 g/mol. The van der Waals surface area contributed by atoms with Crippen LogP contribution in [-0.2, 0) is 12.8 Å². The molecule has 2 aromatic rings. The van der Waals surface area contributed by atoms with E-state index >= 15 is 0 Å². The lowest BCUT2D eigenvalue weighted by molar-refractivity contribution is 0.659. The van der Waals surface area contributed by atoms with Crippen LogP contribution < -0.4 is 0 Å². The number of unbranched alkanes of at least 4 members (excludes halogenated alkanes) is 3. The van der Waals surface area contributed by atoms with Crippen LogP contribution in [0.15, 0.2) is 61.7 Å². The van der Waals surface area contributed by atoms with Gasteiger partial charge in [-0.2, -0.15) is 0 Å². The van der Waals surface area contributed by atoms with Gasteiger partial charge < -0.3 is 0 Å². The highest BCUT2D eigenvalue weighted by Crippen LogP contribution is 2.23. The molecule has 0 N–H and O–H groups in total. The minimum Gasteiger partial charge on any atom is -0.0952 e. The van der Waals surface area contributed by atoms with Crippen molar-refractivity contribution in [1.29, 1.82) is 0 Å². The molecular formula is C26H34. The highest BCUT2D eigenvalue weighted by atomic mass is 14.1. The van der Waals surface area contributed by atoms with Gasteiger partial charge in [0.2, 0.25) is 0 Å².